The summed E-state index contributed by atoms with van der Waals surface area (Å²) in [5.74, 6) is 1.32. The SMILES string of the molecule is COc1ccc(CNC(=O)CSc2nc3sc4c(c3c(=O)n2C)CCCC4)cc1OC. The number of ether oxygens (including phenoxy) is 2. The lowest BCUT2D eigenvalue weighted by Crippen LogP contribution is -2.26. The minimum atomic E-state index is -0.125. The smallest absolute Gasteiger partial charge is 0.262 e. The van der Waals surface area contributed by atoms with Gasteiger partial charge in [-0.2, -0.15) is 0 Å². The van der Waals surface area contributed by atoms with E-state index in [0.717, 1.165) is 35.0 Å². The van der Waals surface area contributed by atoms with Crippen LogP contribution >= 0.6 is 23.1 Å². The third kappa shape index (κ3) is 4.43. The molecule has 2 aromatic heterocycles. The second kappa shape index (κ2) is 9.32. The highest BCUT2D eigenvalue weighted by Gasteiger charge is 2.21. The molecule has 9 heteroatoms. The molecule has 2 heterocycles. The molecule has 31 heavy (non-hydrogen) atoms. The van der Waals surface area contributed by atoms with E-state index >= 15 is 0 Å². The molecule has 1 amide bonds. The molecular weight excluding hydrogens is 434 g/mol. The molecule has 0 bridgehead atoms. The zero-order valence-corrected chi connectivity index (χ0v) is 19.5. The van der Waals surface area contributed by atoms with Crippen LogP contribution in [0.2, 0.25) is 0 Å². The summed E-state index contributed by atoms with van der Waals surface area (Å²) >= 11 is 2.91. The van der Waals surface area contributed by atoms with E-state index in [-0.39, 0.29) is 17.2 Å². The van der Waals surface area contributed by atoms with Crippen molar-refractivity contribution < 1.29 is 14.3 Å². The summed E-state index contributed by atoms with van der Waals surface area (Å²) in [5, 5.41) is 4.24. The van der Waals surface area contributed by atoms with Crippen LogP contribution in [0.3, 0.4) is 0 Å². The lowest BCUT2D eigenvalue weighted by molar-refractivity contribution is -0.118. The predicted molar refractivity (Wildman–Crippen MR) is 124 cm³/mol. The highest BCUT2D eigenvalue weighted by Crippen LogP contribution is 2.34. The van der Waals surface area contributed by atoms with Crippen molar-refractivity contribution in [2.24, 2.45) is 7.05 Å². The fourth-order valence-corrected chi connectivity index (χ4v) is 5.87. The van der Waals surface area contributed by atoms with E-state index < -0.39 is 0 Å². The average Bonchev–Trinajstić information content (AvgIpc) is 3.17. The number of fused-ring (bicyclic) bond motifs is 3. The van der Waals surface area contributed by atoms with Crippen molar-refractivity contribution in [2.75, 3.05) is 20.0 Å². The Balaban J connectivity index is 1.42. The topological polar surface area (TPSA) is 82.5 Å². The number of carbonyl (C=O) groups is 1. The van der Waals surface area contributed by atoms with Gasteiger partial charge in [-0.25, -0.2) is 4.98 Å². The van der Waals surface area contributed by atoms with Crippen LogP contribution in [0.5, 0.6) is 11.5 Å². The van der Waals surface area contributed by atoms with Gasteiger partial charge in [-0.15, -0.1) is 11.3 Å². The number of hydrogen-bond donors (Lipinski definition) is 1. The average molecular weight is 460 g/mol. The van der Waals surface area contributed by atoms with Crippen molar-refractivity contribution in [3.05, 3.63) is 44.6 Å². The summed E-state index contributed by atoms with van der Waals surface area (Å²) in [6.45, 7) is 0.378. The fourth-order valence-electron chi connectivity index (χ4n) is 3.77. The van der Waals surface area contributed by atoms with Crippen LogP contribution in [-0.2, 0) is 31.2 Å². The maximum Gasteiger partial charge on any atom is 0.262 e. The molecule has 1 aliphatic carbocycles. The summed E-state index contributed by atoms with van der Waals surface area (Å²) in [4.78, 5) is 32.1. The van der Waals surface area contributed by atoms with E-state index in [1.807, 2.05) is 18.2 Å². The van der Waals surface area contributed by atoms with Crippen LogP contribution in [0.25, 0.3) is 10.2 Å². The molecule has 0 atom stereocenters. The van der Waals surface area contributed by atoms with E-state index in [9.17, 15) is 9.59 Å². The Labute approximate surface area is 188 Å². The van der Waals surface area contributed by atoms with Gasteiger partial charge in [0, 0.05) is 18.5 Å². The number of nitrogens with one attached hydrogen (secondary N) is 1. The highest BCUT2D eigenvalue weighted by molar-refractivity contribution is 7.99. The Morgan fingerprint density at radius 2 is 2.00 bits per heavy atom. The molecule has 7 nitrogen and oxygen atoms in total. The molecule has 0 spiro atoms. The third-order valence-corrected chi connectivity index (χ3v) is 7.64. The first-order chi connectivity index (χ1) is 15.0. The van der Waals surface area contributed by atoms with Gasteiger partial charge in [-0.05, 0) is 48.9 Å². The fraction of sp³-hybridized carbons (Fsp3) is 0.409. The van der Waals surface area contributed by atoms with Gasteiger partial charge in [-0.1, -0.05) is 17.8 Å². The first-order valence-corrected chi connectivity index (χ1v) is 11.9. The number of thiophene rings is 1. The number of amides is 1. The third-order valence-electron chi connectivity index (χ3n) is 5.43. The van der Waals surface area contributed by atoms with Crippen molar-refractivity contribution in [1.82, 2.24) is 14.9 Å². The number of aromatic nitrogens is 2. The number of hydrogen-bond acceptors (Lipinski definition) is 7. The quantitative estimate of drug-likeness (QED) is 0.431. The number of rotatable bonds is 7. The number of methoxy groups -OCH3 is 2. The van der Waals surface area contributed by atoms with E-state index in [4.69, 9.17) is 14.5 Å². The van der Waals surface area contributed by atoms with Gasteiger partial charge in [-0.3, -0.25) is 14.2 Å². The van der Waals surface area contributed by atoms with Crippen LogP contribution in [0.15, 0.2) is 28.2 Å². The van der Waals surface area contributed by atoms with Gasteiger partial charge < -0.3 is 14.8 Å². The molecule has 0 aliphatic heterocycles. The second-order valence-corrected chi connectivity index (χ2v) is 9.43. The lowest BCUT2D eigenvalue weighted by Gasteiger charge is -2.11. The monoisotopic (exact) mass is 459 g/mol. The molecule has 164 valence electrons. The van der Waals surface area contributed by atoms with Gasteiger partial charge in [0.05, 0.1) is 25.4 Å². The van der Waals surface area contributed by atoms with Crippen LogP contribution in [-0.4, -0.2) is 35.4 Å². The molecule has 3 aromatic rings. The molecule has 0 fully saturated rings. The molecule has 0 unspecified atom stereocenters. The highest BCUT2D eigenvalue weighted by atomic mass is 32.2. The maximum absolute atomic E-state index is 12.9. The molecule has 0 saturated carbocycles. The Morgan fingerprint density at radius 1 is 1.23 bits per heavy atom. The van der Waals surface area contributed by atoms with Crippen molar-refractivity contribution in [1.29, 1.82) is 0 Å². The Kier molecular flexibility index (Phi) is 6.52. The van der Waals surface area contributed by atoms with Gasteiger partial charge in [0.2, 0.25) is 5.91 Å². The number of thioether (sulfide) groups is 1. The van der Waals surface area contributed by atoms with E-state index in [0.29, 0.717) is 23.2 Å². The first-order valence-electron chi connectivity index (χ1n) is 10.1. The second-order valence-electron chi connectivity index (χ2n) is 7.40. The number of benzene rings is 1. The summed E-state index contributed by atoms with van der Waals surface area (Å²) < 4.78 is 12.1. The Hall–Kier alpha value is -2.52. The molecule has 1 aromatic carbocycles. The maximum atomic E-state index is 12.9. The first kappa shape index (κ1) is 21.7. The molecule has 1 N–H and O–H groups in total. The van der Waals surface area contributed by atoms with E-state index in [1.54, 1.807) is 37.2 Å². The standard InChI is InChI=1S/C22H25N3O4S2/c1-25-21(27)19-14-6-4-5-7-17(14)31-20(19)24-22(25)30-12-18(26)23-11-13-8-9-15(28-2)16(10-13)29-3/h8-10H,4-7,11-12H2,1-3H3,(H,23,26). The van der Waals surface area contributed by atoms with Gasteiger partial charge in [0.25, 0.3) is 5.56 Å². The number of nitrogens with zero attached hydrogens (tertiary/aromatic N) is 2. The summed E-state index contributed by atoms with van der Waals surface area (Å²) in [7, 11) is 4.89. The lowest BCUT2D eigenvalue weighted by atomic mass is 9.97. The Morgan fingerprint density at radius 3 is 2.77 bits per heavy atom. The van der Waals surface area contributed by atoms with Gasteiger partial charge in [0.1, 0.15) is 4.83 Å². The molecular formula is C22H25N3O4S2. The largest absolute Gasteiger partial charge is 0.493 e. The predicted octanol–water partition coefficient (Wildman–Crippen LogP) is 3.30. The summed E-state index contributed by atoms with van der Waals surface area (Å²) in [5.41, 5.74) is 2.08. The van der Waals surface area contributed by atoms with Crippen LogP contribution in [0.4, 0.5) is 0 Å². The normalized spacial score (nSPS) is 13.1. The summed E-state index contributed by atoms with van der Waals surface area (Å²) in [6, 6.07) is 5.53. The van der Waals surface area contributed by atoms with Crippen molar-refractivity contribution in [3.8, 4) is 11.5 Å². The van der Waals surface area contributed by atoms with Crippen molar-refractivity contribution in [3.63, 3.8) is 0 Å². The van der Waals surface area contributed by atoms with Crippen molar-refractivity contribution >= 4 is 39.2 Å². The molecule has 0 radical (unpaired) electrons. The number of aryl methyl sites for hydroxylation is 2. The van der Waals surface area contributed by atoms with Gasteiger partial charge in [0.15, 0.2) is 16.7 Å². The Bertz CT molecular complexity index is 1190. The van der Waals surface area contributed by atoms with Crippen LogP contribution in [0, 0.1) is 0 Å². The van der Waals surface area contributed by atoms with E-state index in [1.165, 1.54) is 28.6 Å². The van der Waals surface area contributed by atoms with Crippen molar-refractivity contribution in [2.45, 2.75) is 37.4 Å². The van der Waals surface area contributed by atoms with Crippen LogP contribution < -0.4 is 20.3 Å². The minimum Gasteiger partial charge on any atom is -0.493 e. The molecule has 1 aliphatic rings. The zero-order valence-electron chi connectivity index (χ0n) is 17.8. The molecule has 0 saturated heterocycles. The zero-order chi connectivity index (χ0) is 22.0. The van der Waals surface area contributed by atoms with Gasteiger partial charge >= 0.3 is 0 Å². The number of carbonyl (C=O) groups excluding carboxylic acids is 1. The van der Waals surface area contributed by atoms with E-state index in [2.05, 4.69) is 5.32 Å². The minimum absolute atomic E-state index is 0.0161. The van der Waals surface area contributed by atoms with Crippen LogP contribution in [0.1, 0.15) is 28.8 Å². The molecule has 4 rings (SSSR count). The summed E-state index contributed by atoms with van der Waals surface area (Å²) in [6.07, 6.45) is 4.28.